The molecule has 98 valence electrons. The first kappa shape index (κ1) is 12.9. The fourth-order valence-electron chi connectivity index (χ4n) is 3.60. The van der Waals surface area contributed by atoms with E-state index in [1.807, 2.05) is 0 Å². The molecule has 0 aromatic rings. The van der Waals surface area contributed by atoms with E-state index in [0.717, 1.165) is 19.5 Å². The first-order valence-electron chi connectivity index (χ1n) is 7.11. The van der Waals surface area contributed by atoms with Gasteiger partial charge < -0.3 is 5.11 Å². The van der Waals surface area contributed by atoms with Gasteiger partial charge in [0.25, 0.3) is 0 Å². The fourth-order valence-corrected chi connectivity index (χ4v) is 3.60. The Hall–Kier alpha value is -0.570. The van der Waals surface area contributed by atoms with Crippen LogP contribution in [-0.2, 0) is 4.79 Å². The fraction of sp³-hybridized carbons (Fsp3) is 0.929. The highest BCUT2D eigenvalue weighted by Gasteiger charge is 2.44. The molecule has 1 heterocycles. The molecule has 1 saturated carbocycles. The van der Waals surface area contributed by atoms with Crippen LogP contribution in [0.2, 0.25) is 0 Å². The van der Waals surface area contributed by atoms with Crippen molar-refractivity contribution in [2.45, 2.75) is 64.3 Å². The van der Waals surface area contributed by atoms with Crippen molar-refractivity contribution in [3.05, 3.63) is 0 Å². The van der Waals surface area contributed by atoms with E-state index in [4.69, 9.17) is 5.11 Å². The number of carboxylic acid groups (broad SMARTS) is 1. The summed E-state index contributed by atoms with van der Waals surface area (Å²) >= 11 is 0. The third-order valence-electron chi connectivity index (χ3n) is 4.64. The minimum absolute atomic E-state index is 0.265. The number of nitrogens with zero attached hydrogens (tertiary/aromatic N) is 1. The maximum absolute atomic E-state index is 10.8. The first-order valence-corrected chi connectivity index (χ1v) is 7.11. The number of hydrogen-bond acceptors (Lipinski definition) is 2. The summed E-state index contributed by atoms with van der Waals surface area (Å²) in [5.41, 5.74) is 0.558. The highest BCUT2D eigenvalue weighted by atomic mass is 16.4. The predicted octanol–water partition coefficient (Wildman–Crippen LogP) is 2.90. The minimum atomic E-state index is -0.654. The molecule has 1 N–H and O–H groups in total. The zero-order chi connectivity index (χ0) is 12.3. The van der Waals surface area contributed by atoms with E-state index in [-0.39, 0.29) is 6.04 Å². The molecule has 1 spiro atoms. The number of likely N-dealkylation sites (tertiary alicyclic amines) is 1. The summed E-state index contributed by atoms with van der Waals surface area (Å²) in [6.07, 6.45) is 9.56. The molecule has 0 amide bonds. The number of hydrogen-bond donors (Lipinski definition) is 1. The van der Waals surface area contributed by atoms with Crippen LogP contribution in [0.3, 0.4) is 0 Å². The number of aliphatic carboxylic acids is 1. The van der Waals surface area contributed by atoms with Crippen LogP contribution in [0.4, 0.5) is 0 Å². The van der Waals surface area contributed by atoms with Crippen LogP contribution in [-0.4, -0.2) is 35.1 Å². The zero-order valence-electron chi connectivity index (χ0n) is 11.0. The third-order valence-corrected chi connectivity index (χ3v) is 4.64. The summed E-state index contributed by atoms with van der Waals surface area (Å²) < 4.78 is 0. The topological polar surface area (TPSA) is 40.5 Å². The van der Waals surface area contributed by atoms with Crippen molar-refractivity contribution < 1.29 is 9.90 Å². The second kappa shape index (κ2) is 5.38. The van der Waals surface area contributed by atoms with Crippen molar-refractivity contribution in [1.29, 1.82) is 0 Å². The zero-order valence-corrected chi connectivity index (χ0v) is 11.0. The molecular weight excluding hydrogens is 214 g/mol. The Bertz CT molecular complexity index is 261. The standard InChI is InChI=1S/C14H25NO2/c1-2-12(9-13(16)17)15-10-14(11-15)7-5-3-4-6-8-14/h12H,2-11H2,1H3,(H,16,17). The van der Waals surface area contributed by atoms with E-state index in [9.17, 15) is 4.79 Å². The van der Waals surface area contributed by atoms with Gasteiger partial charge in [-0.15, -0.1) is 0 Å². The Morgan fingerprint density at radius 1 is 1.24 bits per heavy atom. The van der Waals surface area contributed by atoms with Crippen LogP contribution in [0.15, 0.2) is 0 Å². The Morgan fingerprint density at radius 2 is 1.82 bits per heavy atom. The summed E-state index contributed by atoms with van der Waals surface area (Å²) in [6.45, 7) is 4.41. The lowest BCUT2D eigenvalue weighted by molar-refractivity contribution is -0.140. The average Bonchev–Trinajstić information content (AvgIpc) is 2.49. The molecule has 2 fully saturated rings. The molecule has 0 aromatic heterocycles. The molecule has 3 heteroatoms. The molecule has 2 aliphatic rings. The number of rotatable bonds is 4. The maximum Gasteiger partial charge on any atom is 0.304 e. The summed E-state index contributed by atoms with van der Waals surface area (Å²) in [5, 5.41) is 8.90. The number of carbonyl (C=O) groups is 1. The smallest absolute Gasteiger partial charge is 0.304 e. The second-order valence-corrected chi connectivity index (χ2v) is 5.98. The van der Waals surface area contributed by atoms with Crippen molar-refractivity contribution >= 4 is 5.97 Å². The van der Waals surface area contributed by atoms with Gasteiger partial charge in [-0.3, -0.25) is 9.69 Å². The second-order valence-electron chi connectivity index (χ2n) is 5.98. The van der Waals surface area contributed by atoms with Crippen LogP contribution in [0.25, 0.3) is 0 Å². The lowest BCUT2D eigenvalue weighted by Gasteiger charge is -2.53. The molecule has 17 heavy (non-hydrogen) atoms. The van der Waals surface area contributed by atoms with Crippen molar-refractivity contribution in [1.82, 2.24) is 4.90 Å². The van der Waals surface area contributed by atoms with E-state index < -0.39 is 5.97 Å². The van der Waals surface area contributed by atoms with Crippen LogP contribution in [0.5, 0.6) is 0 Å². The molecule has 2 rings (SSSR count). The van der Waals surface area contributed by atoms with Gasteiger partial charge in [-0.25, -0.2) is 0 Å². The van der Waals surface area contributed by atoms with E-state index in [1.165, 1.54) is 38.5 Å². The molecule has 0 bridgehead atoms. The molecule has 1 atom stereocenters. The van der Waals surface area contributed by atoms with Crippen molar-refractivity contribution in [3.63, 3.8) is 0 Å². The normalized spacial score (nSPS) is 26.2. The highest BCUT2D eigenvalue weighted by molar-refractivity contribution is 5.67. The van der Waals surface area contributed by atoms with Crippen LogP contribution >= 0.6 is 0 Å². The van der Waals surface area contributed by atoms with Gasteiger partial charge in [0.15, 0.2) is 0 Å². The molecular formula is C14H25NO2. The monoisotopic (exact) mass is 239 g/mol. The molecule has 0 aromatic carbocycles. The maximum atomic E-state index is 10.8. The van der Waals surface area contributed by atoms with Gasteiger partial charge in [0, 0.05) is 19.1 Å². The Balaban J connectivity index is 1.85. The third kappa shape index (κ3) is 3.01. The van der Waals surface area contributed by atoms with Crippen LogP contribution < -0.4 is 0 Å². The van der Waals surface area contributed by atoms with Crippen LogP contribution in [0, 0.1) is 5.41 Å². The predicted molar refractivity (Wildman–Crippen MR) is 68.0 cm³/mol. The van der Waals surface area contributed by atoms with Crippen LogP contribution in [0.1, 0.15) is 58.3 Å². The lowest BCUT2D eigenvalue weighted by Crippen LogP contribution is -2.59. The van der Waals surface area contributed by atoms with Gasteiger partial charge in [0.2, 0.25) is 0 Å². The average molecular weight is 239 g/mol. The van der Waals surface area contributed by atoms with Gasteiger partial charge in [-0.05, 0) is 24.7 Å². The van der Waals surface area contributed by atoms with E-state index in [0.29, 0.717) is 11.8 Å². The summed E-state index contributed by atoms with van der Waals surface area (Å²) in [4.78, 5) is 13.2. The summed E-state index contributed by atoms with van der Waals surface area (Å²) in [6, 6.07) is 0.265. The lowest BCUT2D eigenvalue weighted by atomic mass is 9.72. The molecule has 1 aliphatic carbocycles. The molecule has 3 nitrogen and oxygen atoms in total. The summed E-state index contributed by atoms with van der Waals surface area (Å²) in [5.74, 6) is -0.654. The van der Waals surface area contributed by atoms with Gasteiger partial charge in [-0.2, -0.15) is 0 Å². The largest absolute Gasteiger partial charge is 0.481 e. The van der Waals surface area contributed by atoms with Gasteiger partial charge in [0.05, 0.1) is 6.42 Å². The summed E-state index contributed by atoms with van der Waals surface area (Å²) in [7, 11) is 0. The van der Waals surface area contributed by atoms with E-state index >= 15 is 0 Å². The van der Waals surface area contributed by atoms with E-state index in [2.05, 4.69) is 11.8 Å². The first-order chi connectivity index (χ1) is 8.15. The molecule has 1 unspecified atom stereocenters. The molecule has 0 radical (unpaired) electrons. The van der Waals surface area contributed by atoms with E-state index in [1.54, 1.807) is 0 Å². The van der Waals surface area contributed by atoms with Crippen molar-refractivity contribution in [2.24, 2.45) is 5.41 Å². The minimum Gasteiger partial charge on any atom is -0.481 e. The Kier molecular flexibility index (Phi) is 4.08. The quantitative estimate of drug-likeness (QED) is 0.820. The van der Waals surface area contributed by atoms with Gasteiger partial charge in [0.1, 0.15) is 0 Å². The van der Waals surface area contributed by atoms with Gasteiger partial charge >= 0.3 is 5.97 Å². The van der Waals surface area contributed by atoms with Gasteiger partial charge in [-0.1, -0.05) is 32.6 Å². The Labute approximate surface area is 104 Å². The molecule has 1 aliphatic heterocycles. The number of carboxylic acids is 1. The Morgan fingerprint density at radius 3 is 2.29 bits per heavy atom. The highest BCUT2D eigenvalue weighted by Crippen LogP contribution is 2.44. The van der Waals surface area contributed by atoms with Crippen molar-refractivity contribution in [3.8, 4) is 0 Å². The molecule has 1 saturated heterocycles. The van der Waals surface area contributed by atoms with Crippen molar-refractivity contribution in [2.75, 3.05) is 13.1 Å². The SMILES string of the molecule is CCC(CC(=O)O)N1CC2(CCCCCC2)C1.